The number of methoxy groups -OCH3 is 1. The highest BCUT2D eigenvalue weighted by Crippen LogP contribution is 2.26. The van der Waals surface area contributed by atoms with Gasteiger partial charge in [0, 0.05) is 0 Å². The number of carbonyl (C=O) groups excluding carboxylic acids is 1. The third kappa shape index (κ3) is 3.10. The third-order valence-electron chi connectivity index (χ3n) is 3.23. The van der Waals surface area contributed by atoms with Gasteiger partial charge in [0.15, 0.2) is 5.78 Å². The molecule has 1 atom stereocenters. The van der Waals surface area contributed by atoms with Crippen molar-refractivity contribution in [1.29, 1.82) is 0 Å². The summed E-state index contributed by atoms with van der Waals surface area (Å²) in [6, 6.07) is 5.68. The molecule has 100 valence electrons. The van der Waals surface area contributed by atoms with E-state index in [0.717, 1.165) is 6.42 Å². The zero-order valence-corrected chi connectivity index (χ0v) is 11.9. The van der Waals surface area contributed by atoms with Gasteiger partial charge in [-0.25, -0.2) is 0 Å². The molecule has 18 heavy (non-hydrogen) atoms. The number of hydrogen-bond donors (Lipinski definition) is 1. The van der Waals surface area contributed by atoms with E-state index in [0.29, 0.717) is 17.2 Å². The molecule has 0 radical (unpaired) electrons. The van der Waals surface area contributed by atoms with Crippen LogP contribution in [-0.2, 0) is 0 Å². The van der Waals surface area contributed by atoms with Crippen molar-refractivity contribution in [3.63, 3.8) is 0 Å². The first-order valence-electron chi connectivity index (χ1n) is 6.44. The fourth-order valence-electron chi connectivity index (χ4n) is 1.98. The van der Waals surface area contributed by atoms with Gasteiger partial charge in [-0.1, -0.05) is 26.8 Å². The molecular weight excluding hydrogens is 226 g/mol. The second-order valence-electron chi connectivity index (χ2n) is 4.73. The van der Waals surface area contributed by atoms with Crippen LogP contribution in [0.2, 0.25) is 0 Å². The molecule has 0 heterocycles. The van der Waals surface area contributed by atoms with Crippen LogP contribution in [0.1, 0.15) is 49.0 Å². The normalized spacial score (nSPS) is 12.6. The van der Waals surface area contributed by atoms with Crippen LogP contribution in [-0.4, -0.2) is 26.0 Å². The molecule has 1 aromatic carbocycles. The van der Waals surface area contributed by atoms with E-state index in [9.17, 15) is 4.79 Å². The van der Waals surface area contributed by atoms with E-state index >= 15 is 0 Å². The first-order chi connectivity index (χ1) is 8.54. The van der Waals surface area contributed by atoms with Gasteiger partial charge in [0.05, 0.1) is 18.7 Å². The Balaban J connectivity index is 3.12. The molecule has 1 unspecified atom stereocenters. The molecule has 0 aromatic heterocycles. The molecule has 1 rings (SSSR count). The average molecular weight is 249 g/mol. The number of nitrogens with one attached hydrogen (secondary N) is 1. The molecule has 0 spiro atoms. The highest BCUT2D eigenvalue weighted by Gasteiger charge is 2.20. The van der Waals surface area contributed by atoms with Crippen molar-refractivity contribution in [2.24, 2.45) is 0 Å². The number of Topliss-reactive ketones (excluding diaryl/α,β-unsaturated/α-hetero) is 1. The van der Waals surface area contributed by atoms with E-state index in [4.69, 9.17) is 4.74 Å². The minimum atomic E-state index is -0.149. The number of rotatable bonds is 6. The smallest absolute Gasteiger partial charge is 0.183 e. The van der Waals surface area contributed by atoms with Gasteiger partial charge in [-0.2, -0.15) is 0 Å². The number of likely N-dealkylation sites (N-methyl/N-ethyl adjacent to an activating group) is 1. The van der Waals surface area contributed by atoms with Crippen LogP contribution in [0.25, 0.3) is 0 Å². The number of ketones is 1. The summed E-state index contributed by atoms with van der Waals surface area (Å²) in [7, 11) is 3.41. The van der Waals surface area contributed by atoms with E-state index in [1.54, 1.807) is 14.2 Å². The predicted molar refractivity (Wildman–Crippen MR) is 74.6 cm³/mol. The Morgan fingerprint density at radius 3 is 2.50 bits per heavy atom. The lowest BCUT2D eigenvalue weighted by molar-refractivity contribution is 0.0942. The number of carbonyl (C=O) groups is 1. The zero-order chi connectivity index (χ0) is 13.7. The lowest BCUT2D eigenvalue weighted by Gasteiger charge is -2.16. The van der Waals surface area contributed by atoms with Gasteiger partial charge >= 0.3 is 0 Å². The van der Waals surface area contributed by atoms with Gasteiger partial charge in [-0.05, 0) is 37.1 Å². The molecule has 0 saturated heterocycles. The fraction of sp³-hybridized carbons (Fsp3) is 0.533. The highest BCUT2D eigenvalue weighted by molar-refractivity contribution is 6.02. The summed E-state index contributed by atoms with van der Waals surface area (Å²) in [4.78, 5) is 12.3. The Labute approximate surface area is 110 Å². The van der Waals surface area contributed by atoms with Gasteiger partial charge in [0.1, 0.15) is 5.75 Å². The molecule has 0 aliphatic rings. The molecular formula is C15H23NO2. The molecule has 0 fully saturated rings. The zero-order valence-electron chi connectivity index (χ0n) is 11.9. The Hall–Kier alpha value is -1.35. The van der Waals surface area contributed by atoms with E-state index in [1.807, 2.05) is 25.1 Å². The maximum Gasteiger partial charge on any atom is 0.183 e. The highest BCUT2D eigenvalue weighted by atomic mass is 16.5. The monoisotopic (exact) mass is 249 g/mol. The summed E-state index contributed by atoms with van der Waals surface area (Å²) in [6.07, 6.45) is 0.768. The van der Waals surface area contributed by atoms with Crippen molar-refractivity contribution < 1.29 is 9.53 Å². The van der Waals surface area contributed by atoms with Gasteiger partial charge in [0.2, 0.25) is 0 Å². The molecule has 3 heteroatoms. The second kappa shape index (κ2) is 6.55. The Kier molecular flexibility index (Phi) is 5.35. The molecule has 0 amide bonds. The minimum Gasteiger partial charge on any atom is -0.496 e. The van der Waals surface area contributed by atoms with Crippen molar-refractivity contribution >= 4 is 5.78 Å². The summed E-state index contributed by atoms with van der Waals surface area (Å²) in [5.41, 5.74) is 1.84. The summed E-state index contributed by atoms with van der Waals surface area (Å²) >= 11 is 0. The summed E-state index contributed by atoms with van der Waals surface area (Å²) in [5, 5.41) is 3.03. The van der Waals surface area contributed by atoms with Crippen LogP contribution in [0.5, 0.6) is 5.75 Å². The molecule has 3 nitrogen and oxygen atoms in total. The van der Waals surface area contributed by atoms with Crippen LogP contribution in [0.4, 0.5) is 0 Å². The maximum atomic E-state index is 12.3. The molecule has 0 saturated carbocycles. The van der Waals surface area contributed by atoms with Gasteiger partial charge in [0.25, 0.3) is 0 Å². The van der Waals surface area contributed by atoms with E-state index in [2.05, 4.69) is 19.2 Å². The Morgan fingerprint density at radius 1 is 1.39 bits per heavy atom. The lowest BCUT2D eigenvalue weighted by Crippen LogP contribution is -2.33. The van der Waals surface area contributed by atoms with Crippen molar-refractivity contribution in [2.75, 3.05) is 14.2 Å². The number of benzene rings is 1. The van der Waals surface area contributed by atoms with E-state index in [1.165, 1.54) is 5.56 Å². The van der Waals surface area contributed by atoms with Crippen LogP contribution in [0.15, 0.2) is 18.2 Å². The predicted octanol–water partition coefficient (Wildman–Crippen LogP) is 3.00. The molecule has 0 aliphatic heterocycles. The van der Waals surface area contributed by atoms with Crippen molar-refractivity contribution in [3.8, 4) is 5.75 Å². The summed E-state index contributed by atoms with van der Waals surface area (Å²) in [5.74, 6) is 1.18. The van der Waals surface area contributed by atoms with Crippen LogP contribution >= 0.6 is 0 Å². The van der Waals surface area contributed by atoms with Gasteiger partial charge < -0.3 is 10.1 Å². The Morgan fingerprint density at radius 2 is 2.06 bits per heavy atom. The average Bonchev–Trinajstić information content (AvgIpc) is 2.39. The lowest BCUT2D eigenvalue weighted by atomic mass is 9.96. The van der Waals surface area contributed by atoms with Crippen molar-refractivity contribution in [3.05, 3.63) is 29.3 Å². The van der Waals surface area contributed by atoms with Crippen LogP contribution in [0, 0.1) is 0 Å². The third-order valence-corrected chi connectivity index (χ3v) is 3.23. The van der Waals surface area contributed by atoms with Crippen molar-refractivity contribution in [2.45, 2.75) is 39.2 Å². The Bertz CT molecular complexity index is 409. The number of hydrogen-bond acceptors (Lipinski definition) is 3. The summed E-state index contributed by atoms with van der Waals surface area (Å²) in [6.45, 7) is 6.24. The summed E-state index contributed by atoms with van der Waals surface area (Å²) < 4.78 is 5.35. The maximum absolute atomic E-state index is 12.3. The largest absolute Gasteiger partial charge is 0.496 e. The standard InChI is InChI=1S/C15H23NO2/c1-6-13(16-4)15(17)12-8-7-11(10(2)3)9-14(12)18-5/h7-10,13,16H,6H2,1-5H3. The quantitative estimate of drug-likeness (QED) is 0.788. The molecule has 0 aliphatic carbocycles. The topological polar surface area (TPSA) is 38.3 Å². The molecule has 0 bridgehead atoms. The molecule has 1 aromatic rings. The first kappa shape index (κ1) is 14.7. The fourth-order valence-corrected chi connectivity index (χ4v) is 1.98. The van der Waals surface area contributed by atoms with Gasteiger partial charge in [-0.3, -0.25) is 4.79 Å². The molecule has 1 N–H and O–H groups in total. The van der Waals surface area contributed by atoms with Gasteiger partial charge in [-0.15, -0.1) is 0 Å². The van der Waals surface area contributed by atoms with Crippen LogP contribution < -0.4 is 10.1 Å². The van der Waals surface area contributed by atoms with Crippen LogP contribution in [0.3, 0.4) is 0 Å². The SMILES string of the molecule is CCC(NC)C(=O)c1ccc(C(C)C)cc1OC. The first-order valence-corrected chi connectivity index (χ1v) is 6.44. The van der Waals surface area contributed by atoms with Crippen molar-refractivity contribution in [1.82, 2.24) is 5.32 Å². The van der Waals surface area contributed by atoms with E-state index in [-0.39, 0.29) is 11.8 Å². The second-order valence-corrected chi connectivity index (χ2v) is 4.73. The van der Waals surface area contributed by atoms with E-state index < -0.39 is 0 Å². The number of ether oxygens (including phenoxy) is 1. The minimum absolute atomic E-state index is 0.0900.